The van der Waals surface area contributed by atoms with Gasteiger partial charge in [-0.1, -0.05) is 26.0 Å². The van der Waals surface area contributed by atoms with Crippen molar-refractivity contribution in [3.8, 4) is 0 Å². The highest BCUT2D eigenvalue weighted by Crippen LogP contribution is 2.13. The summed E-state index contributed by atoms with van der Waals surface area (Å²) in [5.41, 5.74) is 1.36. The molecular formula is C22H35N5O2. The molecule has 0 aromatic heterocycles. The third kappa shape index (κ3) is 7.07. The molecule has 1 fully saturated rings. The molecule has 1 unspecified atom stereocenters. The van der Waals surface area contributed by atoms with Gasteiger partial charge in [0.2, 0.25) is 5.91 Å². The number of carbonyl (C=O) groups is 2. The Hall–Kier alpha value is -2.57. The van der Waals surface area contributed by atoms with Crippen molar-refractivity contribution in [1.82, 2.24) is 20.9 Å². The second-order valence-electron chi connectivity index (χ2n) is 8.90. The maximum absolute atomic E-state index is 12.4. The molecule has 0 bridgehead atoms. The van der Waals surface area contributed by atoms with Crippen molar-refractivity contribution < 1.29 is 9.59 Å². The molecule has 0 aliphatic carbocycles. The number of guanidine groups is 1. The van der Waals surface area contributed by atoms with E-state index in [1.54, 1.807) is 7.05 Å². The van der Waals surface area contributed by atoms with Gasteiger partial charge in [0.25, 0.3) is 5.91 Å². The number of nitrogens with zero attached hydrogens (tertiary/aromatic N) is 2. The monoisotopic (exact) mass is 401 g/mol. The van der Waals surface area contributed by atoms with E-state index in [2.05, 4.69) is 20.9 Å². The molecule has 1 atom stereocenters. The summed E-state index contributed by atoms with van der Waals surface area (Å²) in [5, 5.41) is 9.67. The predicted octanol–water partition coefficient (Wildman–Crippen LogP) is 2.14. The summed E-state index contributed by atoms with van der Waals surface area (Å²) in [6, 6.07) is 7.76. The fourth-order valence-electron chi connectivity index (χ4n) is 3.25. The van der Waals surface area contributed by atoms with Crippen molar-refractivity contribution in [3.63, 3.8) is 0 Å². The van der Waals surface area contributed by atoms with E-state index in [1.165, 1.54) is 0 Å². The third-order valence-electron chi connectivity index (χ3n) is 4.70. The molecule has 0 radical (unpaired) electrons. The maximum Gasteiger partial charge on any atom is 0.251 e. The van der Waals surface area contributed by atoms with Gasteiger partial charge in [0.05, 0.1) is 0 Å². The molecule has 3 N–H and O–H groups in total. The van der Waals surface area contributed by atoms with Crippen LogP contribution in [0.25, 0.3) is 0 Å². The number of nitrogens with one attached hydrogen (secondary N) is 3. The fraction of sp³-hybridized carbons (Fsp3) is 0.591. The van der Waals surface area contributed by atoms with Crippen LogP contribution < -0.4 is 16.0 Å². The smallest absolute Gasteiger partial charge is 0.251 e. The minimum atomic E-state index is -0.274. The van der Waals surface area contributed by atoms with E-state index >= 15 is 0 Å². The van der Waals surface area contributed by atoms with E-state index in [4.69, 9.17) is 0 Å². The minimum absolute atomic E-state index is 0.0222. The minimum Gasteiger partial charge on any atom is -0.352 e. The molecule has 1 heterocycles. The zero-order chi connectivity index (χ0) is 21.6. The first kappa shape index (κ1) is 22.7. The Morgan fingerprint density at radius 1 is 1.28 bits per heavy atom. The number of hydrogen-bond acceptors (Lipinski definition) is 3. The van der Waals surface area contributed by atoms with Gasteiger partial charge in [0, 0.05) is 49.7 Å². The van der Waals surface area contributed by atoms with Crippen LogP contribution in [-0.2, 0) is 11.3 Å². The van der Waals surface area contributed by atoms with Crippen molar-refractivity contribution in [2.75, 3.05) is 20.1 Å². The van der Waals surface area contributed by atoms with Crippen LogP contribution in [0, 0.1) is 5.92 Å². The Labute approximate surface area is 174 Å². The number of rotatable bonds is 5. The lowest BCUT2D eigenvalue weighted by Gasteiger charge is -2.21. The third-order valence-corrected chi connectivity index (χ3v) is 4.70. The molecule has 7 heteroatoms. The fourth-order valence-corrected chi connectivity index (χ4v) is 3.25. The Balaban J connectivity index is 1.89. The lowest BCUT2D eigenvalue weighted by Crippen LogP contribution is -2.45. The van der Waals surface area contributed by atoms with Gasteiger partial charge < -0.3 is 20.9 Å². The summed E-state index contributed by atoms with van der Waals surface area (Å²) in [6.45, 7) is 11.8. The molecular weight excluding hydrogens is 366 g/mol. The predicted molar refractivity (Wildman–Crippen MR) is 117 cm³/mol. The van der Waals surface area contributed by atoms with Crippen molar-refractivity contribution in [1.29, 1.82) is 0 Å². The highest BCUT2D eigenvalue weighted by atomic mass is 16.2. The second-order valence-corrected chi connectivity index (χ2v) is 8.90. The van der Waals surface area contributed by atoms with Crippen LogP contribution in [0.15, 0.2) is 29.3 Å². The number of carbonyl (C=O) groups excluding carboxylic acids is 2. The Kier molecular flexibility index (Phi) is 7.65. The van der Waals surface area contributed by atoms with E-state index in [0.29, 0.717) is 24.6 Å². The number of hydrogen-bond donors (Lipinski definition) is 3. The van der Waals surface area contributed by atoms with Gasteiger partial charge in [0.15, 0.2) is 5.96 Å². The summed E-state index contributed by atoms with van der Waals surface area (Å²) in [6.07, 6.45) is 0.904. The van der Waals surface area contributed by atoms with Crippen LogP contribution in [0.5, 0.6) is 0 Å². The van der Waals surface area contributed by atoms with E-state index in [9.17, 15) is 9.59 Å². The van der Waals surface area contributed by atoms with Gasteiger partial charge in [-0.3, -0.25) is 14.6 Å². The van der Waals surface area contributed by atoms with Crippen LogP contribution in [0.2, 0.25) is 0 Å². The number of amides is 2. The second kappa shape index (κ2) is 9.76. The first-order chi connectivity index (χ1) is 13.6. The molecule has 2 amide bonds. The van der Waals surface area contributed by atoms with Crippen LogP contribution >= 0.6 is 0 Å². The van der Waals surface area contributed by atoms with Crippen LogP contribution in [0.4, 0.5) is 0 Å². The highest BCUT2D eigenvalue weighted by molar-refractivity contribution is 5.94. The zero-order valence-electron chi connectivity index (χ0n) is 18.5. The van der Waals surface area contributed by atoms with Crippen LogP contribution in [0.1, 0.15) is 57.0 Å². The summed E-state index contributed by atoms with van der Waals surface area (Å²) < 4.78 is 0. The van der Waals surface area contributed by atoms with Crippen molar-refractivity contribution in [2.24, 2.45) is 10.9 Å². The molecule has 7 nitrogen and oxygen atoms in total. The zero-order valence-corrected chi connectivity index (χ0v) is 18.5. The quantitative estimate of drug-likeness (QED) is 0.521. The molecule has 1 aromatic rings. The summed E-state index contributed by atoms with van der Waals surface area (Å²) in [4.78, 5) is 30.7. The van der Waals surface area contributed by atoms with E-state index in [-0.39, 0.29) is 29.3 Å². The normalized spacial score (nSPS) is 17.4. The maximum atomic E-state index is 12.4. The molecule has 0 spiro atoms. The summed E-state index contributed by atoms with van der Waals surface area (Å²) in [5.74, 6) is 0.831. The van der Waals surface area contributed by atoms with Crippen molar-refractivity contribution >= 4 is 17.8 Å². The average molecular weight is 402 g/mol. The standard InChI is InChI=1S/C22H35N5O2/c1-15(2)20(29)27-11-10-18(14-27)25-21(23-6)24-13-16-8-7-9-17(12-16)19(28)26-22(3,4)5/h7-9,12,15,18H,10-11,13-14H2,1-6H3,(H,26,28)(H2,23,24,25). The Morgan fingerprint density at radius 3 is 2.62 bits per heavy atom. The van der Waals surface area contributed by atoms with Crippen LogP contribution in [0.3, 0.4) is 0 Å². The lowest BCUT2D eigenvalue weighted by molar-refractivity contribution is -0.133. The average Bonchev–Trinajstić information content (AvgIpc) is 3.11. The molecule has 1 aliphatic rings. The molecule has 0 saturated carbocycles. The number of likely N-dealkylation sites (tertiary alicyclic amines) is 1. The molecule has 160 valence electrons. The first-order valence-electron chi connectivity index (χ1n) is 10.3. The summed E-state index contributed by atoms with van der Waals surface area (Å²) >= 11 is 0. The van der Waals surface area contributed by atoms with Gasteiger partial charge in [-0.15, -0.1) is 0 Å². The highest BCUT2D eigenvalue weighted by Gasteiger charge is 2.27. The van der Waals surface area contributed by atoms with Gasteiger partial charge >= 0.3 is 0 Å². The van der Waals surface area contributed by atoms with Crippen molar-refractivity contribution in [3.05, 3.63) is 35.4 Å². The molecule has 1 aromatic carbocycles. The van der Waals surface area contributed by atoms with Gasteiger partial charge in [0.1, 0.15) is 0 Å². The van der Waals surface area contributed by atoms with E-state index < -0.39 is 0 Å². The molecule has 29 heavy (non-hydrogen) atoms. The Morgan fingerprint density at radius 2 is 2.00 bits per heavy atom. The largest absolute Gasteiger partial charge is 0.352 e. The van der Waals surface area contributed by atoms with E-state index in [1.807, 2.05) is 63.8 Å². The Bertz CT molecular complexity index is 752. The molecule has 1 aliphatic heterocycles. The first-order valence-corrected chi connectivity index (χ1v) is 10.3. The summed E-state index contributed by atoms with van der Waals surface area (Å²) in [7, 11) is 1.73. The molecule has 2 rings (SSSR count). The lowest BCUT2D eigenvalue weighted by atomic mass is 10.1. The topological polar surface area (TPSA) is 85.8 Å². The van der Waals surface area contributed by atoms with Gasteiger partial charge in [-0.05, 0) is 44.9 Å². The van der Waals surface area contributed by atoms with Gasteiger partial charge in [-0.25, -0.2) is 0 Å². The number of benzene rings is 1. The SMILES string of the molecule is CN=C(NCc1cccc(C(=O)NC(C)(C)C)c1)NC1CCN(C(=O)C(C)C)C1. The number of aliphatic imine (C=N–C) groups is 1. The van der Waals surface area contributed by atoms with Crippen molar-refractivity contribution in [2.45, 2.75) is 59.2 Å². The van der Waals surface area contributed by atoms with Crippen LogP contribution in [-0.4, -0.2) is 54.4 Å². The van der Waals surface area contributed by atoms with E-state index in [0.717, 1.165) is 18.5 Å². The van der Waals surface area contributed by atoms with Gasteiger partial charge in [-0.2, -0.15) is 0 Å². The molecule has 1 saturated heterocycles.